The molecule has 0 aliphatic rings. The van der Waals surface area contributed by atoms with Gasteiger partial charge in [-0.3, -0.25) is 0 Å². The minimum Gasteiger partial charge on any atom is -0.486 e. The van der Waals surface area contributed by atoms with Gasteiger partial charge in [0, 0.05) is 16.6 Å². The second-order valence-corrected chi connectivity index (χ2v) is 6.02. The highest BCUT2D eigenvalue weighted by atomic mass is 79.9. The van der Waals surface area contributed by atoms with E-state index in [2.05, 4.69) is 53.3 Å². The second kappa shape index (κ2) is 8.20. The molecule has 0 aromatic heterocycles. The van der Waals surface area contributed by atoms with Crippen LogP contribution >= 0.6 is 15.9 Å². The average molecular weight is 348 g/mol. The van der Waals surface area contributed by atoms with E-state index in [-0.39, 0.29) is 6.10 Å². The van der Waals surface area contributed by atoms with Crippen LogP contribution < -0.4 is 10.1 Å². The zero-order valence-electron chi connectivity index (χ0n) is 12.6. The number of ether oxygens (including phenoxy) is 1. The van der Waals surface area contributed by atoms with Gasteiger partial charge in [-0.25, -0.2) is 0 Å². The number of benzene rings is 2. The molecule has 0 bridgehead atoms. The van der Waals surface area contributed by atoms with E-state index >= 15 is 0 Å². The van der Waals surface area contributed by atoms with Gasteiger partial charge in [-0.1, -0.05) is 53.2 Å². The van der Waals surface area contributed by atoms with Gasteiger partial charge in [0.1, 0.15) is 11.9 Å². The Labute approximate surface area is 135 Å². The molecule has 112 valence electrons. The lowest BCUT2D eigenvalue weighted by Crippen LogP contribution is -2.15. The van der Waals surface area contributed by atoms with Crippen molar-refractivity contribution in [3.8, 4) is 5.75 Å². The molecule has 0 aliphatic heterocycles. The smallest absolute Gasteiger partial charge is 0.124 e. The van der Waals surface area contributed by atoms with Crippen molar-refractivity contribution in [2.24, 2.45) is 0 Å². The fourth-order valence-electron chi connectivity index (χ4n) is 2.18. The van der Waals surface area contributed by atoms with Gasteiger partial charge in [-0.2, -0.15) is 0 Å². The van der Waals surface area contributed by atoms with Crippen LogP contribution in [0.1, 0.15) is 37.5 Å². The van der Waals surface area contributed by atoms with Crippen molar-refractivity contribution in [2.75, 3.05) is 6.54 Å². The van der Waals surface area contributed by atoms with E-state index in [1.54, 1.807) is 0 Å². The van der Waals surface area contributed by atoms with Crippen LogP contribution in [0, 0.1) is 0 Å². The molecule has 21 heavy (non-hydrogen) atoms. The van der Waals surface area contributed by atoms with Gasteiger partial charge in [0.05, 0.1) is 0 Å². The third-order valence-corrected chi connectivity index (χ3v) is 3.83. The highest BCUT2D eigenvalue weighted by Gasteiger charge is 2.10. The number of halogens is 1. The lowest BCUT2D eigenvalue weighted by Gasteiger charge is -2.18. The molecule has 2 aromatic carbocycles. The summed E-state index contributed by atoms with van der Waals surface area (Å²) >= 11 is 3.53. The topological polar surface area (TPSA) is 21.3 Å². The molecule has 2 aromatic rings. The van der Waals surface area contributed by atoms with Gasteiger partial charge >= 0.3 is 0 Å². The minimum atomic E-state index is 0.0392. The molecule has 0 fully saturated rings. The van der Waals surface area contributed by atoms with Crippen molar-refractivity contribution in [2.45, 2.75) is 32.9 Å². The maximum Gasteiger partial charge on any atom is 0.124 e. The van der Waals surface area contributed by atoms with Crippen LogP contribution in [0.2, 0.25) is 0 Å². The molecule has 0 heterocycles. The molecule has 1 unspecified atom stereocenters. The molecule has 2 rings (SSSR count). The molecule has 1 N–H and O–H groups in total. The fraction of sp³-hybridized carbons (Fsp3) is 0.333. The highest BCUT2D eigenvalue weighted by Crippen LogP contribution is 2.28. The van der Waals surface area contributed by atoms with E-state index in [1.165, 1.54) is 11.1 Å². The molecular weight excluding hydrogens is 326 g/mol. The maximum absolute atomic E-state index is 6.16. The molecule has 0 saturated carbocycles. The lowest BCUT2D eigenvalue weighted by molar-refractivity contribution is 0.224. The third kappa shape index (κ3) is 4.87. The summed E-state index contributed by atoms with van der Waals surface area (Å²) in [7, 11) is 0. The van der Waals surface area contributed by atoms with E-state index in [0.29, 0.717) is 0 Å². The third-order valence-electron chi connectivity index (χ3n) is 3.34. The Balaban J connectivity index is 2.11. The molecular formula is C18H22BrNO. The Morgan fingerprint density at radius 2 is 1.90 bits per heavy atom. The number of rotatable bonds is 7. The van der Waals surface area contributed by atoms with Crippen LogP contribution in [-0.2, 0) is 6.54 Å². The Hall–Kier alpha value is -1.32. The van der Waals surface area contributed by atoms with Crippen LogP contribution in [0.3, 0.4) is 0 Å². The van der Waals surface area contributed by atoms with Gasteiger partial charge in [0.2, 0.25) is 0 Å². The normalized spacial score (nSPS) is 12.1. The van der Waals surface area contributed by atoms with E-state index in [9.17, 15) is 0 Å². The summed E-state index contributed by atoms with van der Waals surface area (Å²) in [6.45, 7) is 6.09. The first-order valence-electron chi connectivity index (χ1n) is 7.41. The Morgan fingerprint density at radius 1 is 1.14 bits per heavy atom. The second-order valence-electron chi connectivity index (χ2n) is 5.10. The first-order chi connectivity index (χ1) is 10.2. The molecule has 2 nitrogen and oxygen atoms in total. The predicted octanol–water partition coefficient (Wildman–Crippen LogP) is 5.09. The van der Waals surface area contributed by atoms with Crippen LogP contribution in [0.5, 0.6) is 5.75 Å². The maximum atomic E-state index is 6.16. The lowest BCUT2D eigenvalue weighted by atomic mass is 10.1. The number of hydrogen-bond donors (Lipinski definition) is 1. The van der Waals surface area contributed by atoms with Crippen molar-refractivity contribution in [3.63, 3.8) is 0 Å². The predicted molar refractivity (Wildman–Crippen MR) is 91.6 cm³/mol. The van der Waals surface area contributed by atoms with E-state index in [0.717, 1.165) is 29.7 Å². The van der Waals surface area contributed by atoms with Crippen molar-refractivity contribution in [1.29, 1.82) is 0 Å². The molecule has 1 atom stereocenters. The molecule has 0 radical (unpaired) electrons. The Morgan fingerprint density at radius 3 is 2.62 bits per heavy atom. The first kappa shape index (κ1) is 16.1. The zero-order chi connectivity index (χ0) is 15.1. The van der Waals surface area contributed by atoms with Gasteiger partial charge in [0.25, 0.3) is 0 Å². The monoisotopic (exact) mass is 347 g/mol. The standard InChI is InChI=1S/C18H22BrNO/c1-3-11-20-13-16-12-17(19)9-10-18(16)21-14(2)15-7-5-4-6-8-15/h4-10,12,14,20H,3,11,13H2,1-2H3. The van der Waals surface area contributed by atoms with Crippen LogP contribution in [-0.4, -0.2) is 6.54 Å². The summed E-state index contributed by atoms with van der Waals surface area (Å²) in [5.41, 5.74) is 2.37. The first-order valence-corrected chi connectivity index (χ1v) is 8.20. The average Bonchev–Trinajstić information content (AvgIpc) is 2.51. The quantitative estimate of drug-likeness (QED) is 0.704. The van der Waals surface area contributed by atoms with Crippen molar-refractivity contribution in [3.05, 3.63) is 64.1 Å². The molecule has 0 spiro atoms. The van der Waals surface area contributed by atoms with Crippen molar-refractivity contribution < 1.29 is 4.74 Å². The summed E-state index contributed by atoms with van der Waals surface area (Å²) in [4.78, 5) is 0. The van der Waals surface area contributed by atoms with Crippen molar-refractivity contribution >= 4 is 15.9 Å². The van der Waals surface area contributed by atoms with Gasteiger partial charge in [-0.15, -0.1) is 0 Å². The van der Waals surface area contributed by atoms with E-state index in [4.69, 9.17) is 4.74 Å². The molecule has 0 saturated heterocycles. The molecule has 0 amide bonds. The summed E-state index contributed by atoms with van der Waals surface area (Å²) in [5, 5.41) is 3.43. The van der Waals surface area contributed by atoms with Crippen LogP contribution in [0.25, 0.3) is 0 Å². The Bertz CT molecular complexity index is 556. The van der Waals surface area contributed by atoms with Gasteiger partial charge in [-0.05, 0) is 43.7 Å². The minimum absolute atomic E-state index is 0.0392. The number of hydrogen-bond acceptors (Lipinski definition) is 2. The molecule has 3 heteroatoms. The summed E-state index contributed by atoms with van der Waals surface area (Å²) < 4.78 is 7.24. The Kier molecular flexibility index (Phi) is 6.27. The summed E-state index contributed by atoms with van der Waals surface area (Å²) in [6, 6.07) is 16.5. The SMILES string of the molecule is CCCNCc1cc(Br)ccc1OC(C)c1ccccc1. The van der Waals surface area contributed by atoms with E-state index in [1.807, 2.05) is 30.3 Å². The molecule has 0 aliphatic carbocycles. The highest BCUT2D eigenvalue weighted by molar-refractivity contribution is 9.10. The largest absolute Gasteiger partial charge is 0.486 e. The zero-order valence-corrected chi connectivity index (χ0v) is 14.2. The van der Waals surface area contributed by atoms with Gasteiger partial charge < -0.3 is 10.1 Å². The number of nitrogens with one attached hydrogen (secondary N) is 1. The summed E-state index contributed by atoms with van der Waals surface area (Å²) in [6.07, 6.45) is 1.17. The fourth-order valence-corrected chi connectivity index (χ4v) is 2.59. The van der Waals surface area contributed by atoms with E-state index < -0.39 is 0 Å². The van der Waals surface area contributed by atoms with Crippen LogP contribution in [0.15, 0.2) is 53.0 Å². The van der Waals surface area contributed by atoms with Crippen molar-refractivity contribution in [1.82, 2.24) is 5.32 Å². The van der Waals surface area contributed by atoms with Crippen LogP contribution in [0.4, 0.5) is 0 Å². The summed E-state index contributed by atoms with van der Waals surface area (Å²) in [5.74, 6) is 0.943. The van der Waals surface area contributed by atoms with Gasteiger partial charge in [0.15, 0.2) is 0 Å².